The highest BCUT2D eigenvalue weighted by Crippen LogP contribution is 2.27. The van der Waals surface area contributed by atoms with Gasteiger partial charge in [-0.1, -0.05) is 15.9 Å². The molecule has 0 unspecified atom stereocenters. The van der Waals surface area contributed by atoms with E-state index in [1.807, 2.05) is 29.0 Å². The number of hydrogen-bond acceptors (Lipinski definition) is 4. The van der Waals surface area contributed by atoms with Crippen LogP contribution in [-0.4, -0.2) is 53.7 Å². The minimum absolute atomic E-state index is 0.0777. The van der Waals surface area contributed by atoms with Gasteiger partial charge in [0.05, 0.1) is 0 Å². The molecule has 0 atom stereocenters. The van der Waals surface area contributed by atoms with E-state index in [0.717, 1.165) is 27.4 Å². The van der Waals surface area contributed by atoms with Crippen molar-refractivity contribution in [3.05, 3.63) is 40.1 Å². The molecular formula is C19H21BrN4O3S. The fourth-order valence-electron chi connectivity index (χ4n) is 2.98. The first-order chi connectivity index (χ1) is 13.4. The molecule has 2 heterocycles. The van der Waals surface area contributed by atoms with Crippen LogP contribution in [0.15, 0.2) is 34.6 Å². The fourth-order valence-corrected chi connectivity index (χ4v) is 3.53. The molecule has 9 heteroatoms. The monoisotopic (exact) mass is 464 g/mol. The summed E-state index contributed by atoms with van der Waals surface area (Å²) in [5, 5.41) is 7.12. The van der Waals surface area contributed by atoms with Crippen molar-refractivity contribution in [3.63, 3.8) is 0 Å². The number of likely N-dealkylation sites (N-methyl/N-ethyl adjacent to an activating group) is 1. The van der Waals surface area contributed by atoms with Crippen LogP contribution in [0, 0.1) is 0 Å². The summed E-state index contributed by atoms with van der Waals surface area (Å²) in [6.45, 7) is 1.36. The smallest absolute Gasteiger partial charge is 0.276 e. The Morgan fingerprint density at radius 2 is 2.21 bits per heavy atom. The van der Waals surface area contributed by atoms with Crippen molar-refractivity contribution in [1.82, 2.24) is 20.1 Å². The molecule has 3 rings (SSSR count). The average molecular weight is 465 g/mol. The lowest BCUT2D eigenvalue weighted by atomic mass is 10.1. The van der Waals surface area contributed by atoms with Crippen LogP contribution in [0.4, 0.5) is 0 Å². The van der Waals surface area contributed by atoms with Crippen molar-refractivity contribution < 1.29 is 14.3 Å². The molecular weight excluding hydrogens is 444 g/mol. The normalized spacial score (nSPS) is 15.5. The summed E-state index contributed by atoms with van der Waals surface area (Å²) in [6, 6.07) is 5.84. The van der Waals surface area contributed by atoms with Gasteiger partial charge in [0.1, 0.15) is 12.2 Å². The maximum atomic E-state index is 12.3. The van der Waals surface area contributed by atoms with Crippen LogP contribution >= 0.6 is 28.1 Å². The quantitative estimate of drug-likeness (QED) is 0.373. The van der Waals surface area contributed by atoms with Crippen molar-refractivity contribution in [2.24, 2.45) is 0 Å². The van der Waals surface area contributed by atoms with Gasteiger partial charge >= 0.3 is 0 Å². The van der Waals surface area contributed by atoms with Gasteiger partial charge in [-0.2, -0.15) is 0 Å². The van der Waals surface area contributed by atoms with E-state index < -0.39 is 0 Å². The lowest BCUT2D eigenvalue weighted by Gasteiger charge is -2.07. The highest BCUT2D eigenvalue weighted by molar-refractivity contribution is 9.10. The van der Waals surface area contributed by atoms with Crippen LogP contribution in [0.2, 0.25) is 0 Å². The molecule has 1 aromatic heterocycles. The maximum Gasteiger partial charge on any atom is 0.276 e. The van der Waals surface area contributed by atoms with E-state index in [0.29, 0.717) is 24.0 Å². The first kappa shape index (κ1) is 20.5. The number of fused-ring (bicyclic) bond motifs is 1. The van der Waals surface area contributed by atoms with E-state index in [2.05, 4.69) is 26.6 Å². The first-order valence-corrected chi connectivity index (χ1v) is 9.95. The van der Waals surface area contributed by atoms with Gasteiger partial charge in [0.25, 0.3) is 5.91 Å². The number of carbonyl (C=O) groups is 2. The molecule has 2 aromatic rings. The van der Waals surface area contributed by atoms with E-state index in [4.69, 9.17) is 17.0 Å². The fraction of sp³-hybridized carbons (Fsp3) is 0.316. The first-order valence-electron chi connectivity index (χ1n) is 8.75. The SMILES string of the molecule is COCCCNC(=O)Cn1cc(/C=C2\NC(=S)N(C)C2=O)c2cc(Br)ccc21. The molecule has 0 bridgehead atoms. The Bertz CT molecular complexity index is 969. The predicted octanol–water partition coefficient (Wildman–Crippen LogP) is 2.24. The zero-order valence-corrected chi connectivity index (χ0v) is 18.0. The second-order valence-electron chi connectivity index (χ2n) is 6.42. The van der Waals surface area contributed by atoms with Crippen LogP contribution < -0.4 is 10.6 Å². The summed E-state index contributed by atoms with van der Waals surface area (Å²) >= 11 is 8.62. The third kappa shape index (κ3) is 4.43. The average Bonchev–Trinajstić information content (AvgIpc) is 3.11. The highest BCUT2D eigenvalue weighted by Gasteiger charge is 2.27. The Morgan fingerprint density at radius 3 is 2.89 bits per heavy atom. The lowest BCUT2D eigenvalue weighted by molar-refractivity contribution is -0.122. The summed E-state index contributed by atoms with van der Waals surface area (Å²) in [7, 11) is 3.27. The van der Waals surface area contributed by atoms with Crippen molar-refractivity contribution in [1.29, 1.82) is 0 Å². The van der Waals surface area contributed by atoms with Gasteiger partial charge in [-0.25, -0.2) is 0 Å². The number of methoxy groups -OCH3 is 1. The van der Waals surface area contributed by atoms with E-state index >= 15 is 0 Å². The summed E-state index contributed by atoms with van der Waals surface area (Å²) in [4.78, 5) is 26.0. The van der Waals surface area contributed by atoms with Crippen molar-refractivity contribution in [3.8, 4) is 0 Å². The minimum atomic E-state index is -0.184. The topological polar surface area (TPSA) is 75.6 Å². The Morgan fingerprint density at radius 1 is 1.43 bits per heavy atom. The largest absolute Gasteiger partial charge is 0.385 e. The Kier molecular flexibility index (Phi) is 6.48. The number of carbonyl (C=O) groups excluding carboxylic acids is 2. The van der Waals surface area contributed by atoms with E-state index in [-0.39, 0.29) is 18.4 Å². The molecule has 1 aliphatic rings. The standard InChI is InChI=1S/C19H21BrN4O3S/c1-23-18(26)15(22-19(23)28)8-12-10-24(11-17(25)21-6-3-7-27-2)16-5-4-13(20)9-14(12)16/h4-5,8-10H,3,6-7,11H2,1-2H3,(H,21,25)(H,22,28)/b15-8-. The molecule has 7 nitrogen and oxygen atoms in total. The molecule has 1 fully saturated rings. The highest BCUT2D eigenvalue weighted by atomic mass is 79.9. The molecule has 2 N–H and O–H groups in total. The predicted molar refractivity (Wildman–Crippen MR) is 116 cm³/mol. The van der Waals surface area contributed by atoms with Crippen molar-refractivity contribution >= 4 is 62.1 Å². The van der Waals surface area contributed by atoms with Crippen LogP contribution in [0.1, 0.15) is 12.0 Å². The number of halogens is 1. The number of nitrogens with one attached hydrogen (secondary N) is 2. The van der Waals surface area contributed by atoms with Crippen LogP contribution in [-0.2, 0) is 20.9 Å². The van der Waals surface area contributed by atoms with Gasteiger partial charge in [0.15, 0.2) is 5.11 Å². The van der Waals surface area contributed by atoms with Gasteiger partial charge in [-0.3, -0.25) is 14.5 Å². The molecule has 0 spiro atoms. The second-order valence-corrected chi connectivity index (χ2v) is 7.72. The number of aromatic nitrogens is 1. The van der Waals surface area contributed by atoms with Gasteiger partial charge in [0.2, 0.25) is 5.91 Å². The minimum Gasteiger partial charge on any atom is -0.385 e. The molecule has 0 radical (unpaired) electrons. The number of benzene rings is 1. The summed E-state index contributed by atoms with van der Waals surface area (Å²) in [5.74, 6) is -0.261. The molecule has 1 aliphatic heterocycles. The maximum absolute atomic E-state index is 12.3. The number of thiocarbonyl (C=S) groups is 1. The molecule has 2 amide bonds. The Balaban J connectivity index is 1.88. The molecule has 0 aliphatic carbocycles. The third-order valence-electron chi connectivity index (χ3n) is 4.42. The van der Waals surface area contributed by atoms with E-state index in [1.165, 1.54) is 4.90 Å². The van der Waals surface area contributed by atoms with Gasteiger partial charge in [0, 0.05) is 54.4 Å². The van der Waals surface area contributed by atoms with E-state index in [9.17, 15) is 9.59 Å². The van der Waals surface area contributed by atoms with Crippen LogP contribution in [0.25, 0.3) is 17.0 Å². The van der Waals surface area contributed by atoms with E-state index in [1.54, 1.807) is 20.2 Å². The lowest BCUT2D eigenvalue weighted by Crippen LogP contribution is -2.28. The zero-order valence-electron chi connectivity index (χ0n) is 15.6. The van der Waals surface area contributed by atoms with Crippen LogP contribution in [0.5, 0.6) is 0 Å². The molecule has 0 saturated carbocycles. The summed E-state index contributed by atoms with van der Waals surface area (Å²) in [6.07, 6.45) is 4.40. The molecule has 1 aromatic carbocycles. The van der Waals surface area contributed by atoms with Crippen molar-refractivity contribution in [2.45, 2.75) is 13.0 Å². The Hall–Kier alpha value is -2.23. The number of hydrogen-bond donors (Lipinski definition) is 2. The molecule has 148 valence electrons. The molecule has 1 saturated heterocycles. The number of nitrogens with zero attached hydrogens (tertiary/aromatic N) is 2. The van der Waals surface area contributed by atoms with Gasteiger partial charge < -0.3 is 19.9 Å². The number of amides is 2. The number of rotatable bonds is 7. The van der Waals surface area contributed by atoms with Gasteiger partial charge in [-0.15, -0.1) is 0 Å². The zero-order chi connectivity index (χ0) is 20.3. The third-order valence-corrected chi connectivity index (χ3v) is 5.29. The Labute approximate surface area is 176 Å². The van der Waals surface area contributed by atoms with Crippen molar-refractivity contribution in [2.75, 3.05) is 27.3 Å². The second kappa shape index (κ2) is 8.85. The number of ether oxygens (including phenoxy) is 1. The summed E-state index contributed by atoms with van der Waals surface area (Å²) in [5.41, 5.74) is 2.15. The van der Waals surface area contributed by atoms with Gasteiger partial charge in [-0.05, 0) is 42.9 Å². The summed E-state index contributed by atoms with van der Waals surface area (Å²) < 4.78 is 7.78. The molecule has 28 heavy (non-hydrogen) atoms. The van der Waals surface area contributed by atoms with Crippen LogP contribution in [0.3, 0.4) is 0 Å².